The zero-order valence-electron chi connectivity index (χ0n) is 11.5. The SMILES string of the molecule is COCCNC(=O)CCNC(=O)C1(C#N)CC(C)C1. The van der Waals surface area contributed by atoms with Crippen molar-refractivity contribution in [2.75, 3.05) is 26.8 Å². The van der Waals surface area contributed by atoms with E-state index in [1.165, 1.54) is 0 Å². The van der Waals surface area contributed by atoms with Crippen LogP contribution < -0.4 is 10.6 Å². The number of nitrogens with one attached hydrogen (secondary N) is 2. The molecule has 0 bridgehead atoms. The minimum atomic E-state index is -0.869. The fourth-order valence-corrected chi connectivity index (χ4v) is 2.30. The van der Waals surface area contributed by atoms with E-state index in [2.05, 4.69) is 16.7 Å². The highest BCUT2D eigenvalue weighted by molar-refractivity contribution is 5.87. The lowest BCUT2D eigenvalue weighted by molar-refractivity contribution is -0.134. The highest BCUT2D eigenvalue weighted by atomic mass is 16.5. The lowest BCUT2D eigenvalue weighted by Gasteiger charge is -2.39. The Morgan fingerprint density at radius 1 is 1.37 bits per heavy atom. The molecule has 1 aliphatic rings. The summed E-state index contributed by atoms with van der Waals surface area (Å²) in [6.45, 7) is 3.21. The summed E-state index contributed by atoms with van der Waals surface area (Å²) in [7, 11) is 1.56. The molecule has 6 heteroatoms. The van der Waals surface area contributed by atoms with Crippen LogP contribution in [0, 0.1) is 22.7 Å². The van der Waals surface area contributed by atoms with Gasteiger partial charge in [0.05, 0.1) is 12.7 Å². The first kappa shape index (κ1) is 15.4. The van der Waals surface area contributed by atoms with E-state index in [0.717, 1.165) is 0 Å². The number of carbonyl (C=O) groups is 2. The van der Waals surface area contributed by atoms with Crippen LogP contribution in [0.25, 0.3) is 0 Å². The minimum absolute atomic E-state index is 0.134. The Morgan fingerprint density at radius 2 is 2.05 bits per heavy atom. The van der Waals surface area contributed by atoms with E-state index >= 15 is 0 Å². The first-order chi connectivity index (χ1) is 9.04. The molecule has 2 N–H and O–H groups in total. The zero-order chi connectivity index (χ0) is 14.3. The third-order valence-corrected chi connectivity index (χ3v) is 3.31. The number of ether oxygens (including phenoxy) is 1. The molecule has 1 fully saturated rings. The molecule has 0 spiro atoms. The van der Waals surface area contributed by atoms with Gasteiger partial charge in [-0.25, -0.2) is 0 Å². The van der Waals surface area contributed by atoms with Gasteiger partial charge in [0.25, 0.3) is 0 Å². The molecule has 1 saturated carbocycles. The van der Waals surface area contributed by atoms with Crippen LogP contribution in [0.4, 0.5) is 0 Å². The van der Waals surface area contributed by atoms with Gasteiger partial charge in [0.2, 0.25) is 11.8 Å². The highest BCUT2D eigenvalue weighted by Crippen LogP contribution is 2.44. The predicted octanol–water partition coefficient (Wildman–Crippen LogP) is 0.195. The number of carbonyl (C=O) groups excluding carboxylic acids is 2. The first-order valence-corrected chi connectivity index (χ1v) is 6.49. The monoisotopic (exact) mass is 267 g/mol. The maximum atomic E-state index is 11.9. The number of hydrogen-bond acceptors (Lipinski definition) is 4. The molecule has 0 heterocycles. The summed E-state index contributed by atoms with van der Waals surface area (Å²) in [6, 6.07) is 2.10. The Morgan fingerprint density at radius 3 is 2.58 bits per heavy atom. The third-order valence-electron chi connectivity index (χ3n) is 3.31. The molecule has 0 aliphatic heterocycles. The fraction of sp³-hybridized carbons (Fsp3) is 0.769. The number of amides is 2. The van der Waals surface area contributed by atoms with E-state index in [-0.39, 0.29) is 24.8 Å². The van der Waals surface area contributed by atoms with E-state index in [0.29, 0.717) is 31.9 Å². The van der Waals surface area contributed by atoms with Gasteiger partial charge in [-0.1, -0.05) is 6.92 Å². The molecule has 0 aromatic carbocycles. The molecule has 6 nitrogen and oxygen atoms in total. The standard InChI is InChI=1S/C13H21N3O3/c1-10-7-13(8-10,9-14)12(18)16-4-3-11(17)15-5-6-19-2/h10H,3-8H2,1-2H3,(H,15,17)(H,16,18). The Labute approximate surface area is 113 Å². The van der Waals surface area contributed by atoms with Gasteiger partial charge in [0, 0.05) is 26.6 Å². The van der Waals surface area contributed by atoms with Gasteiger partial charge in [-0.15, -0.1) is 0 Å². The molecule has 0 radical (unpaired) electrons. The second-order valence-corrected chi connectivity index (χ2v) is 5.06. The van der Waals surface area contributed by atoms with Crippen LogP contribution in [0.15, 0.2) is 0 Å². The average molecular weight is 267 g/mol. The summed E-state index contributed by atoms with van der Waals surface area (Å²) in [6.07, 6.45) is 1.43. The molecule has 0 aromatic rings. The second kappa shape index (κ2) is 7.10. The molecule has 2 amide bonds. The van der Waals surface area contributed by atoms with Crippen molar-refractivity contribution in [2.45, 2.75) is 26.2 Å². The van der Waals surface area contributed by atoms with Crippen LogP contribution >= 0.6 is 0 Å². The Kier molecular flexibility index (Phi) is 5.77. The van der Waals surface area contributed by atoms with Gasteiger partial charge in [-0.3, -0.25) is 9.59 Å². The second-order valence-electron chi connectivity index (χ2n) is 5.06. The predicted molar refractivity (Wildman–Crippen MR) is 69.0 cm³/mol. The van der Waals surface area contributed by atoms with E-state index in [9.17, 15) is 9.59 Å². The van der Waals surface area contributed by atoms with Crippen LogP contribution in [0.5, 0.6) is 0 Å². The van der Waals surface area contributed by atoms with Gasteiger partial charge < -0.3 is 15.4 Å². The van der Waals surface area contributed by atoms with E-state index in [1.807, 2.05) is 6.92 Å². The normalized spacial score (nSPS) is 25.0. The van der Waals surface area contributed by atoms with E-state index in [1.54, 1.807) is 7.11 Å². The Hall–Kier alpha value is -1.61. The molecule has 106 valence electrons. The van der Waals surface area contributed by atoms with Crippen molar-refractivity contribution < 1.29 is 14.3 Å². The van der Waals surface area contributed by atoms with Crippen LogP contribution in [-0.4, -0.2) is 38.6 Å². The van der Waals surface area contributed by atoms with Crippen LogP contribution in [0.3, 0.4) is 0 Å². The van der Waals surface area contributed by atoms with Crippen molar-refractivity contribution in [3.8, 4) is 6.07 Å². The van der Waals surface area contributed by atoms with Gasteiger partial charge in [0.15, 0.2) is 0 Å². The van der Waals surface area contributed by atoms with Gasteiger partial charge in [0.1, 0.15) is 5.41 Å². The highest BCUT2D eigenvalue weighted by Gasteiger charge is 2.48. The smallest absolute Gasteiger partial charge is 0.240 e. The third kappa shape index (κ3) is 4.21. The van der Waals surface area contributed by atoms with Gasteiger partial charge in [-0.05, 0) is 18.8 Å². The van der Waals surface area contributed by atoms with E-state index < -0.39 is 5.41 Å². The molecule has 0 aromatic heterocycles. The maximum Gasteiger partial charge on any atom is 0.240 e. The summed E-state index contributed by atoms with van der Waals surface area (Å²) in [5, 5.41) is 14.4. The Balaban J connectivity index is 2.21. The number of rotatable bonds is 7. The molecule has 1 aliphatic carbocycles. The maximum absolute atomic E-state index is 11.9. The van der Waals surface area contributed by atoms with Crippen LogP contribution in [0.2, 0.25) is 0 Å². The molecule has 0 unspecified atom stereocenters. The lowest BCUT2D eigenvalue weighted by Crippen LogP contribution is -2.48. The molecular formula is C13H21N3O3. The molecule has 19 heavy (non-hydrogen) atoms. The summed E-state index contributed by atoms with van der Waals surface area (Å²) in [4.78, 5) is 23.3. The zero-order valence-corrected chi connectivity index (χ0v) is 11.5. The van der Waals surface area contributed by atoms with E-state index in [4.69, 9.17) is 10.00 Å². The first-order valence-electron chi connectivity index (χ1n) is 6.49. The van der Waals surface area contributed by atoms with Gasteiger partial charge >= 0.3 is 0 Å². The fourth-order valence-electron chi connectivity index (χ4n) is 2.30. The summed E-state index contributed by atoms with van der Waals surface area (Å²) in [5.41, 5.74) is -0.869. The number of nitriles is 1. The van der Waals surface area contributed by atoms with Crippen molar-refractivity contribution in [3.05, 3.63) is 0 Å². The molecule has 1 rings (SSSR count). The lowest BCUT2D eigenvalue weighted by atomic mass is 9.63. The van der Waals surface area contributed by atoms with Crippen LogP contribution in [0.1, 0.15) is 26.2 Å². The summed E-state index contributed by atoms with van der Waals surface area (Å²) < 4.78 is 4.81. The quantitative estimate of drug-likeness (QED) is 0.644. The summed E-state index contributed by atoms with van der Waals surface area (Å²) in [5.74, 6) is 0.0332. The topological polar surface area (TPSA) is 91.2 Å². The minimum Gasteiger partial charge on any atom is -0.383 e. The van der Waals surface area contributed by atoms with Crippen molar-refractivity contribution in [3.63, 3.8) is 0 Å². The molecular weight excluding hydrogens is 246 g/mol. The number of nitrogens with zero attached hydrogens (tertiary/aromatic N) is 1. The number of hydrogen-bond donors (Lipinski definition) is 2. The largest absolute Gasteiger partial charge is 0.383 e. The van der Waals surface area contributed by atoms with Crippen molar-refractivity contribution in [2.24, 2.45) is 11.3 Å². The Bertz CT molecular complexity index is 370. The summed E-state index contributed by atoms with van der Waals surface area (Å²) >= 11 is 0. The average Bonchev–Trinajstić information content (AvgIpc) is 2.34. The van der Waals surface area contributed by atoms with Crippen molar-refractivity contribution in [1.29, 1.82) is 5.26 Å². The molecule has 0 saturated heterocycles. The van der Waals surface area contributed by atoms with Crippen LogP contribution in [-0.2, 0) is 14.3 Å². The van der Waals surface area contributed by atoms with Gasteiger partial charge in [-0.2, -0.15) is 5.26 Å². The van der Waals surface area contributed by atoms with Crippen molar-refractivity contribution >= 4 is 11.8 Å². The van der Waals surface area contributed by atoms with Crippen molar-refractivity contribution in [1.82, 2.24) is 10.6 Å². The molecule has 0 atom stereocenters. The number of methoxy groups -OCH3 is 1.